The fourth-order valence-electron chi connectivity index (χ4n) is 3.50. The van der Waals surface area contributed by atoms with Crippen molar-refractivity contribution in [1.29, 1.82) is 0 Å². The highest BCUT2D eigenvalue weighted by Gasteiger charge is 2.38. The van der Waals surface area contributed by atoms with Crippen LogP contribution in [0.3, 0.4) is 0 Å². The number of likely N-dealkylation sites (tertiary alicyclic amines) is 1. The van der Waals surface area contributed by atoms with E-state index in [1.165, 1.54) is 4.90 Å². The molecule has 0 aliphatic carbocycles. The summed E-state index contributed by atoms with van der Waals surface area (Å²) in [5.41, 5.74) is 6.68. The average molecular weight is 432 g/mol. The average Bonchev–Trinajstić information content (AvgIpc) is 3.05. The summed E-state index contributed by atoms with van der Waals surface area (Å²) in [6, 6.07) is 4.68. The van der Waals surface area contributed by atoms with Crippen LogP contribution in [0.5, 0.6) is 0 Å². The van der Waals surface area contributed by atoms with Crippen LogP contribution in [0.25, 0.3) is 10.9 Å². The molecule has 0 bridgehead atoms. The molecular formula is C18H21ClF3N5O2. The lowest BCUT2D eigenvalue weighted by Gasteiger charge is -2.38. The van der Waals surface area contributed by atoms with E-state index in [1.807, 2.05) is 0 Å². The number of nitrogens with two attached hydrogens (primary N) is 1. The number of carbonyl (C=O) groups excluding carboxylic acids is 2. The summed E-state index contributed by atoms with van der Waals surface area (Å²) < 4.78 is 39.2. The Bertz CT molecular complexity index is 901. The number of benzene rings is 1. The van der Waals surface area contributed by atoms with Gasteiger partial charge in [0.15, 0.2) is 0 Å². The summed E-state index contributed by atoms with van der Waals surface area (Å²) in [7, 11) is 0. The lowest BCUT2D eigenvalue weighted by molar-refractivity contribution is -0.145. The molecule has 3 rings (SSSR count). The van der Waals surface area contributed by atoms with Gasteiger partial charge in [-0.25, -0.2) is 9.59 Å². The Morgan fingerprint density at radius 1 is 1.34 bits per heavy atom. The zero-order valence-electron chi connectivity index (χ0n) is 15.4. The number of piperidine rings is 1. The van der Waals surface area contributed by atoms with Gasteiger partial charge in [-0.1, -0.05) is 11.6 Å². The van der Waals surface area contributed by atoms with Crippen LogP contribution in [0.1, 0.15) is 18.5 Å². The third kappa shape index (κ3) is 5.47. The van der Waals surface area contributed by atoms with Crippen LogP contribution in [0, 0.1) is 0 Å². The van der Waals surface area contributed by atoms with Gasteiger partial charge in [0.05, 0.1) is 12.6 Å². The molecule has 2 aromatic rings. The van der Waals surface area contributed by atoms with Crippen molar-refractivity contribution < 1.29 is 22.8 Å². The molecule has 1 aliphatic heterocycles. The SMILES string of the molecule is NC(=O)N1CCC[C@@H](N(CC(F)(F)F)C(=O)NCc2cc3cc(Cl)ccc3[nH]2)C1. The first-order chi connectivity index (χ1) is 13.6. The molecule has 1 aromatic heterocycles. The Labute approximate surface area is 169 Å². The number of rotatable bonds is 4. The standard InChI is InChI=1S/C18H21ClF3N5O2/c19-12-3-4-15-11(6-12)7-13(25-15)8-24-17(29)27(10-18(20,21)22)14-2-1-5-26(9-14)16(23)28/h3-4,6-7,14,25H,1-2,5,8-10H2,(H2,23,28)(H,24,29)/t14-/m1/s1. The molecule has 7 nitrogen and oxygen atoms in total. The molecule has 1 atom stereocenters. The van der Waals surface area contributed by atoms with Crippen molar-refractivity contribution in [3.8, 4) is 0 Å². The number of carbonyl (C=O) groups is 2. The van der Waals surface area contributed by atoms with Crippen molar-refractivity contribution in [1.82, 2.24) is 20.1 Å². The number of hydrogen-bond acceptors (Lipinski definition) is 2. The summed E-state index contributed by atoms with van der Waals surface area (Å²) in [5, 5.41) is 3.91. The summed E-state index contributed by atoms with van der Waals surface area (Å²) in [6.07, 6.45) is -3.74. The molecule has 4 N–H and O–H groups in total. The minimum absolute atomic E-state index is 0.0196. The number of hydrogen-bond donors (Lipinski definition) is 3. The van der Waals surface area contributed by atoms with Crippen LogP contribution in [0.2, 0.25) is 5.02 Å². The minimum atomic E-state index is -4.57. The van der Waals surface area contributed by atoms with Gasteiger partial charge < -0.3 is 25.8 Å². The van der Waals surface area contributed by atoms with Crippen molar-refractivity contribution >= 4 is 34.6 Å². The van der Waals surface area contributed by atoms with E-state index in [-0.39, 0.29) is 13.1 Å². The van der Waals surface area contributed by atoms with Crippen LogP contribution in [0.4, 0.5) is 22.8 Å². The number of aromatic amines is 1. The number of alkyl halides is 3. The molecule has 0 unspecified atom stereocenters. The van der Waals surface area contributed by atoms with E-state index in [4.69, 9.17) is 17.3 Å². The topological polar surface area (TPSA) is 94.5 Å². The normalized spacial score (nSPS) is 17.4. The molecule has 1 saturated heterocycles. The first-order valence-electron chi connectivity index (χ1n) is 9.05. The third-order valence-electron chi connectivity index (χ3n) is 4.83. The third-order valence-corrected chi connectivity index (χ3v) is 5.06. The maximum atomic E-state index is 13.1. The molecule has 0 spiro atoms. The number of nitrogens with zero attached hydrogens (tertiary/aromatic N) is 2. The summed E-state index contributed by atoms with van der Waals surface area (Å²) in [5.74, 6) is 0. The quantitative estimate of drug-likeness (QED) is 0.691. The number of nitrogens with one attached hydrogen (secondary N) is 2. The van der Waals surface area contributed by atoms with E-state index in [9.17, 15) is 22.8 Å². The molecule has 29 heavy (non-hydrogen) atoms. The van der Waals surface area contributed by atoms with E-state index in [0.29, 0.717) is 30.1 Å². The molecule has 0 saturated carbocycles. The van der Waals surface area contributed by atoms with Gasteiger partial charge in [0.2, 0.25) is 0 Å². The highest BCUT2D eigenvalue weighted by atomic mass is 35.5. The van der Waals surface area contributed by atoms with Gasteiger partial charge in [-0.3, -0.25) is 0 Å². The predicted molar refractivity (Wildman–Crippen MR) is 102 cm³/mol. The van der Waals surface area contributed by atoms with Gasteiger partial charge in [0, 0.05) is 34.7 Å². The highest BCUT2D eigenvalue weighted by molar-refractivity contribution is 6.31. The Hall–Kier alpha value is -2.62. The number of aromatic nitrogens is 1. The van der Waals surface area contributed by atoms with Crippen molar-refractivity contribution in [2.24, 2.45) is 5.73 Å². The van der Waals surface area contributed by atoms with Crippen LogP contribution >= 0.6 is 11.6 Å². The molecule has 0 radical (unpaired) electrons. The Kier molecular flexibility index (Phi) is 6.11. The molecular weight excluding hydrogens is 411 g/mol. The van der Waals surface area contributed by atoms with Gasteiger partial charge in [-0.15, -0.1) is 0 Å². The van der Waals surface area contributed by atoms with Gasteiger partial charge in [0.25, 0.3) is 0 Å². The fourth-order valence-corrected chi connectivity index (χ4v) is 3.68. The van der Waals surface area contributed by atoms with Gasteiger partial charge >= 0.3 is 18.2 Å². The first-order valence-corrected chi connectivity index (χ1v) is 9.43. The molecule has 1 aromatic carbocycles. The van der Waals surface area contributed by atoms with Crippen molar-refractivity contribution in [3.05, 3.63) is 35.0 Å². The molecule has 4 amide bonds. The van der Waals surface area contributed by atoms with Crippen LogP contribution in [0.15, 0.2) is 24.3 Å². The summed E-state index contributed by atoms with van der Waals surface area (Å²) >= 11 is 5.94. The molecule has 11 heteroatoms. The van der Waals surface area contributed by atoms with Crippen LogP contribution < -0.4 is 11.1 Å². The van der Waals surface area contributed by atoms with Gasteiger partial charge in [0.1, 0.15) is 6.54 Å². The van der Waals surface area contributed by atoms with E-state index < -0.39 is 30.8 Å². The minimum Gasteiger partial charge on any atom is -0.357 e. The fraction of sp³-hybridized carbons (Fsp3) is 0.444. The lowest BCUT2D eigenvalue weighted by Crippen LogP contribution is -2.56. The van der Waals surface area contributed by atoms with Gasteiger partial charge in [-0.05, 0) is 37.1 Å². The van der Waals surface area contributed by atoms with Crippen molar-refractivity contribution in [2.75, 3.05) is 19.6 Å². The highest BCUT2D eigenvalue weighted by Crippen LogP contribution is 2.23. The smallest absolute Gasteiger partial charge is 0.357 e. The van der Waals surface area contributed by atoms with Crippen molar-refractivity contribution in [2.45, 2.75) is 31.6 Å². The van der Waals surface area contributed by atoms with Gasteiger partial charge in [-0.2, -0.15) is 13.2 Å². The number of fused-ring (bicyclic) bond motifs is 1. The maximum Gasteiger partial charge on any atom is 0.406 e. The molecule has 2 heterocycles. The molecule has 1 aliphatic rings. The predicted octanol–water partition coefficient (Wildman–Crippen LogP) is 3.44. The maximum absolute atomic E-state index is 13.1. The number of primary amides is 1. The number of amides is 4. The zero-order valence-corrected chi connectivity index (χ0v) is 16.2. The first kappa shape index (κ1) is 21.1. The van der Waals surface area contributed by atoms with E-state index in [1.54, 1.807) is 24.3 Å². The number of H-pyrrole nitrogens is 1. The zero-order chi connectivity index (χ0) is 21.2. The largest absolute Gasteiger partial charge is 0.406 e. The van der Waals surface area contributed by atoms with Crippen LogP contribution in [-0.2, 0) is 6.54 Å². The second-order valence-electron chi connectivity index (χ2n) is 7.01. The van der Waals surface area contributed by atoms with E-state index in [0.717, 1.165) is 15.8 Å². The number of urea groups is 2. The second-order valence-corrected chi connectivity index (χ2v) is 7.44. The Morgan fingerprint density at radius 3 is 2.79 bits per heavy atom. The summed E-state index contributed by atoms with van der Waals surface area (Å²) in [6.45, 7) is -1.04. The van der Waals surface area contributed by atoms with Crippen molar-refractivity contribution in [3.63, 3.8) is 0 Å². The van der Waals surface area contributed by atoms with Crippen LogP contribution in [-0.4, -0.2) is 58.7 Å². The Balaban J connectivity index is 1.70. The molecule has 1 fully saturated rings. The second kappa shape index (κ2) is 8.40. The summed E-state index contributed by atoms with van der Waals surface area (Å²) in [4.78, 5) is 29.0. The number of halogens is 4. The molecule has 158 valence electrons. The van der Waals surface area contributed by atoms with E-state index in [2.05, 4.69) is 10.3 Å². The Morgan fingerprint density at radius 2 is 2.10 bits per heavy atom. The lowest BCUT2D eigenvalue weighted by atomic mass is 10.0. The monoisotopic (exact) mass is 431 g/mol. The van der Waals surface area contributed by atoms with E-state index >= 15 is 0 Å².